The van der Waals surface area contributed by atoms with Gasteiger partial charge in [0.15, 0.2) is 0 Å². The van der Waals surface area contributed by atoms with E-state index in [1.807, 2.05) is 36.4 Å². The van der Waals surface area contributed by atoms with Gasteiger partial charge in [-0.1, -0.05) is 36.4 Å². The Bertz CT molecular complexity index is 809. The molecule has 1 fully saturated rings. The number of benzene rings is 2. The molecule has 134 valence electrons. The van der Waals surface area contributed by atoms with Gasteiger partial charge in [-0.25, -0.2) is 0 Å². The molecule has 0 radical (unpaired) electrons. The maximum absolute atomic E-state index is 12.7. The smallest absolute Gasteiger partial charge is 0.227 e. The van der Waals surface area contributed by atoms with E-state index in [1.165, 1.54) is 11.1 Å². The summed E-state index contributed by atoms with van der Waals surface area (Å²) in [5.41, 5.74) is 4.33. The van der Waals surface area contributed by atoms with E-state index in [9.17, 15) is 9.59 Å². The largest absolute Gasteiger partial charge is 0.351 e. The first-order valence-corrected chi connectivity index (χ1v) is 9.46. The first-order chi connectivity index (χ1) is 12.7. The van der Waals surface area contributed by atoms with Gasteiger partial charge in [-0.2, -0.15) is 0 Å². The predicted molar refractivity (Wildman–Crippen MR) is 102 cm³/mol. The number of anilines is 1. The number of nitrogens with one attached hydrogen (secondary N) is 2. The van der Waals surface area contributed by atoms with E-state index in [1.54, 1.807) is 0 Å². The summed E-state index contributed by atoms with van der Waals surface area (Å²) in [6, 6.07) is 16.0. The Morgan fingerprint density at radius 1 is 0.923 bits per heavy atom. The number of hydrogen-bond donors (Lipinski definition) is 2. The molecule has 0 heterocycles. The van der Waals surface area contributed by atoms with Crippen LogP contribution in [-0.2, 0) is 22.6 Å². The minimum absolute atomic E-state index is 0.0444. The lowest BCUT2D eigenvalue weighted by molar-refractivity contribution is -0.123. The molecule has 2 aliphatic carbocycles. The maximum atomic E-state index is 12.7. The monoisotopic (exact) mass is 348 g/mol. The number of aryl methyl sites for hydroxylation is 1. The number of fused-ring (bicyclic) bond motifs is 1. The summed E-state index contributed by atoms with van der Waals surface area (Å²) in [5.74, 6) is 0.370. The van der Waals surface area contributed by atoms with Crippen molar-refractivity contribution in [2.45, 2.75) is 44.6 Å². The number of amides is 2. The van der Waals surface area contributed by atoms with Gasteiger partial charge in [0.05, 0.1) is 5.92 Å². The van der Waals surface area contributed by atoms with Crippen molar-refractivity contribution in [3.8, 4) is 0 Å². The standard InChI is InChI=1S/C22H24N2O2/c25-21(17-10-11-17)24-18-12-8-15(9-13-18)14-23-22(26)20-7-3-5-16-4-1-2-6-19(16)20/h1-2,4,6,8-9,12-13,17,20H,3,5,7,10-11,14H2,(H,23,26)(H,24,25). The summed E-state index contributed by atoms with van der Waals surface area (Å²) in [6.07, 6.45) is 5.04. The molecule has 2 aromatic rings. The van der Waals surface area contributed by atoms with Crippen LogP contribution in [0.3, 0.4) is 0 Å². The van der Waals surface area contributed by atoms with Crippen LogP contribution < -0.4 is 10.6 Å². The van der Waals surface area contributed by atoms with E-state index in [0.717, 1.165) is 43.4 Å². The average molecular weight is 348 g/mol. The summed E-state index contributed by atoms with van der Waals surface area (Å²) in [4.78, 5) is 24.4. The zero-order valence-corrected chi connectivity index (χ0v) is 14.8. The molecule has 4 heteroatoms. The second-order valence-electron chi connectivity index (χ2n) is 7.32. The molecule has 26 heavy (non-hydrogen) atoms. The fourth-order valence-corrected chi connectivity index (χ4v) is 3.63. The van der Waals surface area contributed by atoms with Crippen molar-refractivity contribution in [2.75, 3.05) is 5.32 Å². The highest BCUT2D eigenvalue weighted by atomic mass is 16.2. The summed E-state index contributed by atoms with van der Waals surface area (Å²) in [6.45, 7) is 0.508. The zero-order chi connectivity index (χ0) is 17.9. The summed E-state index contributed by atoms with van der Waals surface area (Å²) >= 11 is 0. The number of hydrogen-bond acceptors (Lipinski definition) is 2. The fraction of sp³-hybridized carbons (Fsp3) is 0.364. The van der Waals surface area contributed by atoms with E-state index in [2.05, 4.69) is 22.8 Å². The Kier molecular flexibility index (Phi) is 4.74. The summed E-state index contributed by atoms with van der Waals surface area (Å²) < 4.78 is 0. The third-order valence-corrected chi connectivity index (χ3v) is 5.32. The Hall–Kier alpha value is -2.62. The van der Waals surface area contributed by atoms with Crippen molar-refractivity contribution < 1.29 is 9.59 Å². The van der Waals surface area contributed by atoms with Crippen molar-refractivity contribution >= 4 is 17.5 Å². The van der Waals surface area contributed by atoms with Crippen LogP contribution in [0, 0.1) is 5.92 Å². The molecule has 1 atom stereocenters. The minimum atomic E-state index is -0.0444. The van der Waals surface area contributed by atoms with E-state index in [4.69, 9.17) is 0 Å². The molecule has 0 bridgehead atoms. The number of rotatable bonds is 5. The lowest BCUT2D eigenvalue weighted by atomic mass is 9.82. The number of carbonyl (C=O) groups excluding carboxylic acids is 2. The Labute approximate surface area is 154 Å². The van der Waals surface area contributed by atoms with E-state index < -0.39 is 0 Å². The van der Waals surface area contributed by atoms with Gasteiger partial charge >= 0.3 is 0 Å². The molecule has 0 aromatic heterocycles. The van der Waals surface area contributed by atoms with Crippen LogP contribution in [0.15, 0.2) is 48.5 Å². The van der Waals surface area contributed by atoms with E-state index in [0.29, 0.717) is 6.54 Å². The van der Waals surface area contributed by atoms with Gasteiger partial charge in [-0.15, -0.1) is 0 Å². The minimum Gasteiger partial charge on any atom is -0.351 e. The number of carbonyl (C=O) groups is 2. The second kappa shape index (κ2) is 7.32. The molecular weight excluding hydrogens is 324 g/mol. The third kappa shape index (κ3) is 3.79. The zero-order valence-electron chi connectivity index (χ0n) is 14.8. The Balaban J connectivity index is 1.34. The van der Waals surface area contributed by atoms with E-state index >= 15 is 0 Å². The lowest BCUT2D eigenvalue weighted by Crippen LogP contribution is -2.31. The molecule has 0 spiro atoms. The maximum Gasteiger partial charge on any atom is 0.227 e. The predicted octanol–water partition coefficient (Wildman–Crippen LogP) is 3.77. The summed E-state index contributed by atoms with van der Waals surface area (Å²) in [7, 11) is 0. The fourth-order valence-electron chi connectivity index (χ4n) is 3.63. The molecule has 2 aromatic carbocycles. The molecule has 1 unspecified atom stereocenters. The van der Waals surface area contributed by atoms with Crippen molar-refractivity contribution in [1.29, 1.82) is 0 Å². The average Bonchev–Trinajstić information content (AvgIpc) is 3.52. The first-order valence-electron chi connectivity index (χ1n) is 9.46. The second-order valence-corrected chi connectivity index (χ2v) is 7.32. The molecule has 4 rings (SSSR count). The van der Waals surface area contributed by atoms with Crippen LogP contribution in [0.4, 0.5) is 5.69 Å². The van der Waals surface area contributed by atoms with Crippen molar-refractivity contribution in [1.82, 2.24) is 5.32 Å². The molecule has 0 aliphatic heterocycles. The third-order valence-electron chi connectivity index (χ3n) is 5.32. The summed E-state index contributed by atoms with van der Waals surface area (Å²) in [5, 5.41) is 6.00. The highest BCUT2D eigenvalue weighted by Crippen LogP contribution is 2.32. The van der Waals surface area contributed by atoms with Crippen LogP contribution in [0.2, 0.25) is 0 Å². The molecule has 2 amide bonds. The molecule has 2 N–H and O–H groups in total. The molecule has 2 aliphatic rings. The van der Waals surface area contributed by atoms with Crippen molar-refractivity contribution in [2.24, 2.45) is 5.92 Å². The van der Waals surface area contributed by atoms with Crippen LogP contribution in [-0.4, -0.2) is 11.8 Å². The van der Waals surface area contributed by atoms with Crippen LogP contribution in [0.5, 0.6) is 0 Å². The van der Waals surface area contributed by atoms with Crippen molar-refractivity contribution in [3.63, 3.8) is 0 Å². The molecule has 4 nitrogen and oxygen atoms in total. The Morgan fingerprint density at radius 3 is 2.46 bits per heavy atom. The molecule has 0 saturated heterocycles. The van der Waals surface area contributed by atoms with Crippen LogP contribution in [0.1, 0.15) is 48.3 Å². The van der Waals surface area contributed by atoms with E-state index in [-0.39, 0.29) is 23.7 Å². The van der Waals surface area contributed by atoms with Crippen LogP contribution in [0.25, 0.3) is 0 Å². The quantitative estimate of drug-likeness (QED) is 0.864. The van der Waals surface area contributed by atoms with Crippen molar-refractivity contribution in [3.05, 3.63) is 65.2 Å². The van der Waals surface area contributed by atoms with Gasteiger partial charge in [0, 0.05) is 18.2 Å². The molecular formula is C22H24N2O2. The Morgan fingerprint density at radius 2 is 1.69 bits per heavy atom. The SMILES string of the molecule is O=C(Nc1ccc(CNC(=O)C2CCCc3ccccc32)cc1)C1CC1. The topological polar surface area (TPSA) is 58.2 Å². The van der Waals surface area contributed by atoms with Gasteiger partial charge in [0.1, 0.15) is 0 Å². The van der Waals surface area contributed by atoms with Gasteiger partial charge in [-0.05, 0) is 60.9 Å². The van der Waals surface area contributed by atoms with Gasteiger partial charge in [0.25, 0.3) is 0 Å². The highest BCUT2D eigenvalue weighted by molar-refractivity contribution is 5.94. The highest BCUT2D eigenvalue weighted by Gasteiger charge is 2.29. The van der Waals surface area contributed by atoms with Gasteiger partial charge in [-0.3, -0.25) is 9.59 Å². The van der Waals surface area contributed by atoms with Crippen LogP contribution >= 0.6 is 0 Å². The normalized spacial score (nSPS) is 18.7. The first kappa shape index (κ1) is 16.8. The van der Waals surface area contributed by atoms with Gasteiger partial charge < -0.3 is 10.6 Å². The van der Waals surface area contributed by atoms with Gasteiger partial charge in [0.2, 0.25) is 11.8 Å². The molecule has 1 saturated carbocycles. The lowest BCUT2D eigenvalue weighted by Gasteiger charge is -2.24.